The number of ether oxygens (including phenoxy) is 1. The standard InChI is InChI=1S/C12H16ClNO/c1-9(14-12-5-6-15-8-12)10-3-2-4-11(13)7-10/h2-4,7,9,12,14H,5-6,8H2,1H3/t9-,12?/m1/s1. The molecule has 0 bridgehead atoms. The number of rotatable bonds is 3. The van der Waals surface area contributed by atoms with Crippen molar-refractivity contribution in [2.24, 2.45) is 0 Å². The van der Waals surface area contributed by atoms with E-state index in [9.17, 15) is 0 Å². The molecule has 1 aromatic rings. The van der Waals surface area contributed by atoms with E-state index in [0.717, 1.165) is 24.7 Å². The van der Waals surface area contributed by atoms with Crippen LogP contribution in [0.5, 0.6) is 0 Å². The molecule has 1 fully saturated rings. The molecule has 0 radical (unpaired) electrons. The molecular formula is C12H16ClNO. The van der Waals surface area contributed by atoms with Crippen molar-refractivity contribution in [2.45, 2.75) is 25.4 Å². The van der Waals surface area contributed by atoms with E-state index in [0.29, 0.717) is 12.1 Å². The van der Waals surface area contributed by atoms with Crippen molar-refractivity contribution in [3.8, 4) is 0 Å². The molecule has 1 aliphatic heterocycles. The quantitative estimate of drug-likeness (QED) is 0.854. The number of hydrogen-bond acceptors (Lipinski definition) is 2. The molecule has 1 aromatic carbocycles. The van der Waals surface area contributed by atoms with Crippen molar-refractivity contribution in [1.82, 2.24) is 5.32 Å². The molecule has 0 aromatic heterocycles. The molecule has 0 aliphatic carbocycles. The largest absolute Gasteiger partial charge is 0.380 e. The van der Waals surface area contributed by atoms with Gasteiger partial charge in [0.1, 0.15) is 0 Å². The molecule has 1 heterocycles. The van der Waals surface area contributed by atoms with Crippen molar-refractivity contribution in [3.63, 3.8) is 0 Å². The van der Waals surface area contributed by atoms with Crippen LogP contribution in [0, 0.1) is 0 Å². The molecule has 2 rings (SSSR count). The third-order valence-electron chi connectivity index (χ3n) is 2.76. The molecule has 0 spiro atoms. The molecule has 1 N–H and O–H groups in total. The average Bonchev–Trinajstić information content (AvgIpc) is 2.70. The first-order valence-corrected chi connectivity index (χ1v) is 5.73. The summed E-state index contributed by atoms with van der Waals surface area (Å²) < 4.78 is 5.33. The number of nitrogens with one attached hydrogen (secondary N) is 1. The SMILES string of the molecule is C[C@@H](NC1CCOC1)c1cccc(Cl)c1. The van der Waals surface area contributed by atoms with Crippen molar-refractivity contribution in [2.75, 3.05) is 13.2 Å². The minimum Gasteiger partial charge on any atom is -0.380 e. The Kier molecular flexibility index (Phi) is 3.62. The number of benzene rings is 1. The van der Waals surface area contributed by atoms with E-state index < -0.39 is 0 Å². The molecule has 0 amide bonds. The second-order valence-corrected chi connectivity index (χ2v) is 4.44. The van der Waals surface area contributed by atoms with Gasteiger partial charge in [-0.2, -0.15) is 0 Å². The lowest BCUT2D eigenvalue weighted by Gasteiger charge is -2.18. The summed E-state index contributed by atoms with van der Waals surface area (Å²) in [6.45, 7) is 3.86. The van der Waals surface area contributed by atoms with Gasteiger partial charge in [0.2, 0.25) is 0 Å². The van der Waals surface area contributed by atoms with E-state index in [1.807, 2.05) is 18.2 Å². The van der Waals surface area contributed by atoms with E-state index >= 15 is 0 Å². The van der Waals surface area contributed by atoms with Gasteiger partial charge in [0.25, 0.3) is 0 Å². The Balaban J connectivity index is 1.97. The zero-order chi connectivity index (χ0) is 10.7. The molecule has 2 atom stereocenters. The van der Waals surface area contributed by atoms with Gasteiger partial charge in [0, 0.05) is 23.7 Å². The van der Waals surface area contributed by atoms with Gasteiger partial charge in [-0.3, -0.25) is 0 Å². The average molecular weight is 226 g/mol. The molecule has 15 heavy (non-hydrogen) atoms. The lowest BCUT2D eigenvalue weighted by Crippen LogP contribution is -2.31. The van der Waals surface area contributed by atoms with E-state index in [2.05, 4.69) is 18.3 Å². The highest BCUT2D eigenvalue weighted by Gasteiger charge is 2.17. The predicted octanol–water partition coefficient (Wildman–Crippen LogP) is 2.78. The van der Waals surface area contributed by atoms with Crippen LogP contribution in [0.3, 0.4) is 0 Å². The van der Waals surface area contributed by atoms with Crippen LogP contribution in [0.1, 0.15) is 24.9 Å². The minimum atomic E-state index is 0.329. The number of halogens is 1. The zero-order valence-corrected chi connectivity index (χ0v) is 9.63. The smallest absolute Gasteiger partial charge is 0.0620 e. The van der Waals surface area contributed by atoms with Crippen molar-refractivity contribution in [1.29, 1.82) is 0 Å². The first-order chi connectivity index (χ1) is 7.25. The lowest BCUT2D eigenvalue weighted by molar-refractivity contribution is 0.188. The second-order valence-electron chi connectivity index (χ2n) is 4.00. The molecule has 1 saturated heterocycles. The van der Waals surface area contributed by atoms with Crippen LogP contribution in [0.2, 0.25) is 5.02 Å². The summed E-state index contributed by atoms with van der Waals surface area (Å²) in [5, 5.41) is 4.33. The van der Waals surface area contributed by atoms with Gasteiger partial charge >= 0.3 is 0 Å². The highest BCUT2D eigenvalue weighted by atomic mass is 35.5. The summed E-state index contributed by atoms with van der Waals surface area (Å²) in [6.07, 6.45) is 1.10. The Labute approximate surface area is 95.6 Å². The summed E-state index contributed by atoms with van der Waals surface area (Å²) in [5.74, 6) is 0. The monoisotopic (exact) mass is 225 g/mol. The fourth-order valence-electron chi connectivity index (χ4n) is 1.89. The van der Waals surface area contributed by atoms with Crippen molar-refractivity contribution in [3.05, 3.63) is 34.9 Å². The van der Waals surface area contributed by atoms with Gasteiger partial charge in [0.05, 0.1) is 6.61 Å². The predicted molar refractivity (Wildman–Crippen MR) is 62.2 cm³/mol. The summed E-state index contributed by atoms with van der Waals surface area (Å²) in [5.41, 5.74) is 1.23. The van der Waals surface area contributed by atoms with Gasteiger partial charge in [-0.15, -0.1) is 0 Å². The van der Waals surface area contributed by atoms with Crippen molar-refractivity contribution >= 4 is 11.6 Å². The summed E-state index contributed by atoms with van der Waals surface area (Å²) in [7, 11) is 0. The third-order valence-corrected chi connectivity index (χ3v) is 3.00. The van der Waals surface area contributed by atoms with Crippen LogP contribution in [0.25, 0.3) is 0 Å². The summed E-state index contributed by atoms with van der Waals surface area (Å²) in [4.78, 5) is 0. The normalized spacial score (nSPS) is 22.9. The Bertz CT molecular complexity index is 323. The Morgan fingerprint density at radius 2 is 2.40 bits per heavy atom. The second kappa shape index (κ2) is 4.97. The summed E-state index contributed by atoms with van der Waals surface area (Å²) in [6, 6.07) is 8.81. The maximum Gasteiger partial charge on any atom is 0.0620 e. The highest BCUT2D eigenvalue weighted by Crippen LogP contribution is 2.19. The molecule has 1 unspecified atom stereocenters. The maximum atomic E-state index is 5.95. The van der Waals surface area contributed by atoms with Gasteiger partial charge in [-0.1, -0.05) is 23.7 Å². The first-order valence-electron chi connectivity index (χ1n) is 5.35. The van der Waals surface area contributed by atoms with Crippen LogP contribution in [-0.4, -0.2) is 19.3 Å². The van der Waals surface area contributed by atoms with E-state index in [1.165, 1.54) is 5.56 Å². The Morgan fingerprint density at radius 1 is 1.53 bits per heavy atom. The summed E-state index contributed by atoms with van der Waals surface area (Å²) >= 11 is 5.95. The van der Waals surface area contributed by atoms with Gasteiger partial charge < -0.3 is 10.1 Å². The van der Waals surface area contributed by atoms with Crippen LogP contribution >= 0.6 is 11.6 Å². The Hall–Kier alpha value is -0.570. The first kappa shape index (κ1) is 10.9. The molecule has 3 heteroatoms. The number of hydrogen-bond donors (Lipinski definition) is 1. The lowest BCUT2D eigenvalue weighted by atomic mass is 10.1. The topological polar surface area (TPSA) is 21.3 Å². The molecule has 2 nitrogen and oxygen atoms in total. The molecular weight excluding hydrogens is 210 g/mol. The van der Waals surface area contributed by atoms with Gasteiger partial charge in [0.15, 0.2) is 0 Å². The molecule has 1 aliphatic rings. The maximum absolute atomic E-state index is 5.95. The van der Waals surface area contributed by atoms with Gasteiger partial charge in [-0.05, 0) is 31.0 Å². The minimum absolute atomic E-state index is 0.329. The van der Waals surface area contributed by atoms with Gasteiger partial charge in [-0.25, -0.2) is 0 Å². The van der Waals surface area contributed by atoms with Crippen molar-refractivity contribution < 1.29 is 4.74 Å². The molecule has 0 saturated carbocycles. The Morgan fingerprint density at radius 3 is 3.07 bits per heavy atom. The fourth-order valence-corrected chi connectivity index (χ4v) is 2.09. The highest BCUT2D eigenvalue weighted by molar-refractivity contribution is 6.30. The fraction of sp³-hybridized carbons (Fsp3) is 0.500. The van der Waals surface area contributed by atoms with Crippen LogP contribution in [-0.2, 0) is 4.74 Å². The van der Waals surface area contributed by atoms with Crippen LogP contribution in [0.4, 0.5) is 0 Å². The van der Waals surface area contributed by atoms with Crippen LogP contribution < -0.4 is 5.32 Å². The third kappa shape index (κ3) is 2.94. The van der Waals surface area contributed by atoms with E-state index in [4.69, 9.17) is 16.3 Å². The van der Waals surface area contributed by atoms with E-state index in [-0.39, 0.29) is 0 Å². The zero-order valence-electron chi connectivity index (χ0n) is 8.87. The van der Waals surface area contributed by atoms with Crippen LogP contribution in [0.15, 0.2) is 24.3 Å². The van der Waals surface area contributed by atoms with E-state index in [1.54, 1.807) is 0 Å². The molecule has 82 valence electrons.